The highest BCUT2D eigenvalue weighted by Gasteiger charge is 2.35. The first-order chi connectivity index (χ1) is 10.8. The number of alkyl halides is 3. The molecule has 0 aliphatic rings. The average Bonchev–Trinajstić information content (AvgIpc) is 2.44. The quantitative estimate of drug-likeness (QED) is 0.841. The van der Waals surface area contributed by atoms with Gasteiger partial charge in [0.2, 0.25) is 20.0 Å². The molecule has 0 spiro atoms. The van der Waals surface area contributed by atoms with Crippen LogP contribution in [-0.4, -0.2) is 16.8 Å². The van der Waals surface area contributed by atoms with E-state index in [0.29, 0.717) is 18.2 Å². The minimum absolute atomic E-state index is 0.377. The van der Waals surface area contributed by atoms with Crippen LogP contribution in [0.25, 0.3) is 11.1 Å². The molecule has 0 aliphatic heterocycles. The van der Waals surface area contributed by atoms with Gasteiger partial charge in [-0.25, -0.2) is 27.1 Å². The molecule has 0 heterocycles. The van der Waals surface area contributed by atoms with Gasteiger partial charge >= 0.3 is 6.18 Å². The molecular formula is C13H11F3N2O4S2. The molecule has 0 bridgehead atoms. The van der Waals surface area contributed by atoms with Crippen molar-refractivity contribution in [1.29, 1.82) is 0 Å². The van der Waals surface area contributed by atoms with E-state index >= 15 is 0 Å². The summed E-state index contributed by atoms with van der Waals surface area (Å²) >= 11 is 0. The third-order valence-electron chi connectivity index (χ3n) is 3.11. The Hall–Kier alpha value is -1.95. The Morgan fingerprint density at radius 1 is 0.792 bits per heavy atom. The Morgan fingerprint density at radius 3 is 1.88 bits per heavy atom. The smallest absolute Gasteiger partial charge is 0.225 e. The summed E-state index contributed by atoms with van der Waals surface area (Å²) in [5, 5.41) is 9.96. The Bertz CT molecular complexity index is 1000. The molecule has 4 N–H and O–H groups in total. The topological polar surface area (TPSA) is 120 Å². The lowest BCUT2D eigenvalue weighted by Crippen LogP contribution is -2.16. The molecule has 2 aromatic carbocycles. The fourth-order valence-electron chi connectivity index (χ4n) is 2.11. The van der Waals surface area contributed by atoms with Crippen molar-refractivity contribution in [2.24, 2.45) is 10.3 Å². The predicted molar refractivity (Wildman–Crippen MR) is 79.6 cm³/mol. The maximum atomic E-state index is 13.2. The first-order valence-corrected chi connectivity index (χ1v) is 9.27. The minimum atomic E-state index is -4.85. The summed E-state index contributed by atoms with van der Waals surface area (Å²) in [4.78, 5) is -1.16. The minimum Gasteiger partial charge on any atom is -0.225 e. The second-order valence-corrected chi connectivity index (χ2v) is 7.88. The highest BCUT2D eigenvalue weighted by Crippen LogP contribution is 2.40. The van der Waals surface area contributed by atoms with Crippen molar-refractivity contribution >= 4 is 20.0 Å². The van der Waals surface area contributed by atoms with E-state index in [0.717, 1.165) is 12.1 Å². The lowest BCUT2D eigenvalue weighted by Gasteiger charge is -2.16. The van der Waals surface area contributed by atoms with Crippen LogP contribution in [-0.2, 0) is 26.2 Å². The zero-order valence-electron chi connectivity index (χ0n) is 11.8. The predicted octanol–water partition coefficient (Wildman–Crippen LogP) is 1.67. The lowest BCUT2D eigenvalue weighted by atomic mass is 9.99. The van der Waals surface area contributed by atoms with E-state index in [2.05, 4.69) is 0 Å². The number of hydrogen-bond donors (Lipinski definition) is 2. The SMILES string of the molecule is NS(=O)(=O)c1ccc(C(F)(F)F)c(-c2ccccc2S(N)(=O)=O)c1. The van der Waals surface area contributed by atoms with Gasteiger partial charge < -0.3 is 0 Å². The monoisotopic (exact) mass is 380 g/mol. The van der Waals surface area contributed by atoms with E-state index in [9.17, 15) is 30.0 Å². The molecule has 24 heavy (non-hydrogen) atoms. The fourth-order valence-corrected chi connectivity index (χ4v) is 3.40. The van der Waals surface area contributed by atoms with Gasteiger partial charge in [-0.15, -0.1) is 0 Å². The summed E-state index contributed by atoms with van der Waals surface area (Å²) < 4.78 is 85.8. The summed E-state index contributed by atoms with van der Waals surface area (Å²) in [7, 11) is -8.63. The van der Waals surface area contributed by atoms with Crippen LogP contribution in [0.1, 0.15) is 5.56 Å². The van der Waals surface area contributed by atoms with E-state index in [1.807, 2.05) is 0 Å². The molecular weight excluding hydrogens is 369 g/mol. The van der Waals surface area contributed by atoms with Gasteiger partial charge in [-0.1, -0.05) is 18.2 Å². The van der Waals surface area contributed by atoms with Crippen LogP contribution in [0.3, 0.4) is 0 Å². The Morgan fingerprint density at radius 2 is 1.38 bits per heavy atom. The van der Waals surface area contributed by atoms with Gasteiger partial charge in [0.15, 0.2) is 0 Å². The van der Waals surface area contributed by atoms with Gasteiger partial charge in [0, 0.05) is 5.56 Å². The summed E-state index contributed by atoms with van der Waals surface area (Å²) in [5.74, 6) is 0. The lowest BCUT2D eigenvalue weighted by molar-refractivity contribution is -0.137. The first kappa shape index (κ1) is 18.4. The molecule has 0 unspecified atom stereocenters. The highest BCUT2D eigenvalue weighted by atomic mass is 32.2. The van der Waals surface area contributed by atoms with Crippen molar-refractivity contribution in [3.8, 4) is 11.1 Å². The molecule has 0 atom stereocenters. The molecule has 0 saturated carbocycles. The molecule has 130 valence electrons. The van der Waals surface area contributed by atoms with Gasteiger partial charge in [-0.2, -0.15) is 13.2 Å². The van der Waals surface area contributed by atoms with Crippen LogP contribution in [0.4, 0.5) is 13.2 Å². The van der Waals surface area contributed by atoms with Crippen molar-refractivity contribution in [3.63, 3.8) is 0 Å². The molecule has 0 aliphatic carbocycles. The summed E-state index contributed by atoms with van der Waals surface area (Å²) in [5.41, 5.74) is -2.25. The maximum absolute atomic E-state index is 13.2. The van der Waals surface area contributed by atoms with Gasteiger partial charge in [-0.3, -0.25) is 0 Å². The maximum Gasteiger partial charge on any atom is 0.417 e. The highest BCUT2D eigenvalue weighted by molar-refractivity contribution is 7.89. The fraction of sp³-hybridized carbons (Fsp3) is 0.0769. The van der Waals surface area contributed by atoms with Crippen LogP contribution < -0.4 is 10.3 Å². The number of sulfonamides is 2. The normalized spacial score (nSPS) is 13.0. The standard InChI is InChI=1S/C13H11F3N2O4S2/c14-13(15,16)11-6-5-8(23(17,19)20)7-10(11)9-3-1-2-4-12(9)24(18,21)22/h1-7H,(H2,17,19,20)(H2,18,21,22). The summed E-state index contributed by atoms with van der Waals surface area (Å²) in [6.45, 7) is 0. The van der Waals surface area contributed by atoms with Crippen LogP contribution in [0.2, 0.25) is 0 Å². The van der Waals surface area contributed by atoms with Crippen LogP contribution in [0.15, 0.2) is 52.3 Å². The van der Waals surface area contributed by atoms with Crippen LogP contribution >= 0.6 is 0 Å². The molecule has 0 aromatic heterocycles. The Balaban J connectivity index is 2.93. The molecule has 6 nitrogen and oxygen atoms in total. The number of benzene rings is 2. The molecule has 0 saturated heterocycles. The molecule has 11 heteroatoms. The number of rotatable bonds is 3. The van der Waals surface area contributed by atoms with Gasteiger partial charge in [0.25, 0.3) is 0 Å². The van der Waals surface area contributed by atoms with Crippen LogP contribution in [0, 0.1) is 0 Å². The van der Waals surface area contributed by atoms with Crippen molar-refractivity contribution in [2.45, 2.75) is 16.0 Å². The Labute approximate surface area is 136 Å². The van der Waals surface area contributed by atoms with E-state index < -0.39 is 47.1 Å². The zero-order valence-corrected chi connectivity index (χ0v) is 13.4. The van der Waals surface area contributed by atoms with E-state index in [1.54, 1.807) is 0 Å². The first-order valence-electron chi connectivity index (χ1n) is 6.18. The summed E-state index contributed by atoms with van der Waals surface area (Å²) in [6, 6.07) is 6.58. The summed E-state index contributed by atoms with van der Waals surface area (Å²) in [6.07, 6.45) is -4.85. The van der Waals surface area contributed by atoms with Crippen molar-refractivity contribution in [3.05, 3.63) is 48.0 Å². The van der Waals surface area contributed by atoms with E-state index in [1.165, 1.54) is 12.1 Å². The molecule has 2 rings (SSSR count). The van der Waals surface area contributed by atoms with Crippen molar-refractivity contribution in [2.75, 3.05) is 0 Å². The molecule has 2 aromatic rings. The van der Waals surface area contributed by atoms with Gasteiger partial charge in [0.05, 0.1) is 15.4 Å². The third kappa shape index (κ3) is 3.75. The van der Waals surface area contributed by atoms with Crippen LogP contribution in [0.5, 0.6) is 0 Å². The number of primary sulfonamides is 2. The second-order valence-electron chi connectivity index (χ2n) is 4.79. The Kier molecular flexibility index (Phi) is 4.48. The zero-order chi connectivity index (χ0) is 18.3. The number of halogens is 3. The molecule has 0 radical (unpaired) electrons. The van der Waals surface area contributed by atoms with Gasteiger partial charge in [0.1, 0.15) is 0 Å². The average molecular weight is 380 g/mol. The molecule has 0 amide bonds. The van der Waals surface area contributed by atoms with Crippen molar-refractivity contribution < 1.29 is 30.0 Å². The second kappa shape index (κ2) is 5.84. The van der Waals surface area contributed by atoms with Crippen molar-refractivity contribution in [1.82, 2.24) is 0 Å². The van der Waals surface area contributed by atoms with Gasteiger partial charge in [-0.05, 0) is 29.8 Å². The largest absolute Gasteiger partial charge is 0.417 e. The molecule has 0 fully saturated rings. The third-order valence-corrected chi connectivity index (χ3v) is 4.99. The number of nitrogens with two attached hydrogens (primary N) is 2. The number of hydrogen-bond acceptors (Lipinski definition) is 4. The van der Waals surface area contributed by atoms with E-state index in [-0.39, 0.29) is 5.56 Å². The van der Waals surface area contributed by atoms with E-state index in [4.69, 9.17) is 10.3 Å².